The minimum Gasteiger partial charge on any atom is -0.342 e. The van der Waals surface area contributed by atoms with Crippen LogP contribution in [0, 0.1) is 0 Å². The molecule has 1 aliphatic rings. The van der Waals surface area contributed by atoms with Gasteiger partial charge in [0.25, 0.3) is 0 Å². The van der Waals surface area contributed by atoms with Crippen molar-refractivity contribution in [2.24, 2.45) is 0 Å². The second-order valence-electron chi connectivity index (χ2n) is 2.78. The van der Waals surface area contributed by atoms with Crippen molar-refractivity contribution in [1.29, 1.82) is 0 Å². The van der Waals surface area contributed by atoms with Crippen LogP contribution in [0.1, 0.15) is 27.2 Å². The summed E-state index contributed by atoms with van der Waals surface area (Å²) in [5, 5.41) is 3.21. The zero-order chi connectivity index (χ0) is 9.56. The van der Waals surface area contributed by atoms with Gasteiger partial charge in [0.2, 0.25) is 5.91 Å². The Labute approximate surface area is 75.1 Å². The quantitative estimate of drug-likeness (QED) is 0.636. The maximum absolute atomic E-state index is 10.8. The molecule has 1 amide bonds. The van der Waals surface area contributed by atoms with Crippen molar-refractivity contribution in [3.05, 3.63) is 0 Å². The van der Waals surface area contributed by atoms with Crippen molar-refractivity contribution in [3.63, 3.8) is 0 Å². The number of nitrogens with one attached hydrogen (secondary N) is 1. The maximum atomic E-state index is 10.8. The van der Waals surface area contributed by atoms with Gasteiger partial charge in [-0.2, -0.15) is 0 Å². The standard InChI is InChI=1S/C7H14N2O.C2H6/c1-6(10)9(2)7-3-4-8-5-7;1-2/h7-8H,3-5H2,1-2H3;1-2H3/t7-;/m0./s1. The molecule has 0 bridgehead atoms. The molecule has 0 aliphatic carbocycles. The number of nitrogens with zero attached hydrogens (tertiary/aromatic N) is 1. The third kappa shape index (κ3) is 3.22. The van der Waals surface area contributed by atoms with Gasteiger partial charge in [-0.3, -0.25) is 4.79 Å². The Bertz CT molecular complexity index is 130. The first-order chi connectivity index (χ1) is 5.72. The first-order valence-corrected chi connectivity index (χ1v) is 4.66. The van der Waals surface area contributed by atoms with Crippen LogP contribution < -0.4 is 5.32 Å². The van der Waals surface area contributed by atoms with E-state index in [2.05, 4.69) is 5.32 Å². The molecule has 0 spiro atoms. The molecular formula is C9H20N2O. The van der Waals surface area contributed by atoms with Crippen molar-refractivity contribution < 1.29 is 4.79 Å². The van der Waals surface area contributed by atoms with Crippen LogP contribution in [0.25, 0.3) is 0 Å². The van der Waals surface area contributed by atoms with Gasteiger partial charge in [0.1, 0.15) is 0 Å². The molecular weight excluding hydrogens is 152 g/mol. The second-order valence-corrected chi connectivity index (χ2v) is 2.78. The Morgan fingerprint density at radius 3 is 2.42 bits per heavy atom. The lowest BCUT2D eigenvalue weighted by Crippen LogP contribution is -2.36. The summed E-state index contributed by atoms with van der Waals surface area (Å²) in [6.07, 6.45) is 1.09. The largest absolute Gasteiger partial charge is 0.342 e. The molecule has 1 N–H and O–H groups in total. The van der Waals surface area contributed by atoms with Gasteiger partial charge in [0.05, 0.1) is 0 Å². The van der Waals surface area contributed by atoms with Crippen molar-refractivity contribution in [3.8, 4) is 0 Å². The van der Waals surface area contributed by atoms with E-state index in [-0.39, 0.29) is 5.91 Å². The number of amides is 1. The molecule has 3 heteroatoms. The second kappa shape index (κ2) is 6.00. The molecule has 1 rings (SSSR count). The van der Waals surface area contributed by atoms with E-state index >= 15 is 0 Å². The van der Waals surface area contributed by atoms with E-state index in [4.69, 9.17) is 0 Å². The minimum absolute atomic E-state index is 0.161. The zero-order valence-corrected chi connectivity index (χ0v) is 8.55. The highest BCUT2D eigenvalue weighted by Gasteiger charge is 2.20. The van der Waals surface area contributed by atoms with Crippen LogP contribution in [0.15, 0.2) is 0 Å². The molecule has 1 heterocycles. The number of hydrogen-bond acceptors (Lipinski definition) is 2. The zero-order valence-electron chi connectivity index (χ0n) is 8.55. The third-order valence-corrected chi connectivity index (χ3v) is 2.08. The lowest BCUT2D eigenvalue weighted by atomic mass is 10.2. The molecule has 1 aliphatic heterocycles. The molecule has 12 heavy (non-hydrogen) atoms. The van der Waals surface area contributed by atoms with E-state index in [0.717, 1.165) is 19.5 Å². The highest BCUT2D eigenvalue weighted by molar-refractivity contribution is 5.73. The molecule has 0 aromatic rings. The average molecular weight is 172 g/mol. The number of rotatable bonds is 1. The fraction of sp³-hybridized carbons (Fsp3) is 0.889. The van der Waals surface area contributed by atoms with Crippen molar-refractivity contribution in [2.75, 3.05) is 20.1 Å². The SMILES string of the molecule is CC.CC(=O)N(C)[C@H]1CCNC1. The van der Waals surface area contributed by atoms with Gasteiger partial charge < -0.3 is 10.2 Å². The summed E-state index contributed by atoms with van der Waals surface area (Å²) < 4.78 is 0. The summed E-state index contributed by atoms with van der Waals surface area (Å²) in [4.78, 5) is 12.6. The smallest absolute Gasteiger partial charge is 0.219 e. The van der Waals surface area contributed by atoms with E-state index in [1.54, 1.807) is 11.8 Å². The fourth-order valence-electron chi connectivity index (χ4n) is 1.23. The van der Waals surface area contributed by atoms with Crippen LogP contribution in [0.3, 0.4) is 0 Å². The number of carbonyl (C=O) groups is 1. The van der Waals surface area contributed by atoms with E-state index in [1.807, 2.05) is 20.9 Å². The normalized spacial score (nSPS) is 21.2. The monoisotopic (exact) mass is 172 g/mol. The Kier molecular flexibility index (Phi) is 5.72. The van der Waals surface area contributed by atoms with E-state index < -0.39 is 0 Å². The van der Waals surface area contributed by atoms with Crippen LogP contribution in [0.2, 0.25) is 0 Å². The highest BCUT2D eigenvalue weighted by atomic mass is 16.2. The predicted molar refractivity (Wildman–Crippen MR) is 51.1 cm³/mol. The topological polar surface area (TPSA) is 32.3 Å². The Morgan fingerprint density at radius 2 is 2.08 bits per heavy atom. The minimum atomic E-state index is 0.161. The number of likely N-dealkylation sites (N-methyl/N-ethyl adjacent to an activating group) is 1. The lowest BCUT2D eigenvalue weighted by molar-refractivity contribution is -0.129. The third-order valence-electron chi connectivity index (χ3n) is 2.08. The summed E-state index contributed by atoms with van der Waals surface area (Å²) in [6.45, 7) is 7.61. The molecule has 1 fully saturated rings. The molecule has 1 atom stereocenters. The number of hydrogen-bond donors (Lipinski definition) is 1. The predicted octanol–water partition coefficient (Wildman–Crippen LogP) is 0.853. The van der Waals surface area contributed by atoms with Crippen LogP contribution in [0.4, 0.5) is 0 Å². The average Bonchev–Trinajstić information content (AvgIpc) is 2.58. The molecule has 72 valence electrons. The fourth-order valence-corrected chi connectivity index (χ4v) is 1.23. The first-order valence-electron chi connectivity index (χ1n) is 4.66. The molecule has 0 aromatic carbocycles. The molecule has 0 unspecified atom stereocenters. The summed E-state index contributed by atoms with van der Waals surface area (Å²) in [7, 11) is 1.86. The maximum Gasteiger partial charge on any atom is 0.219 e. The van der Waals surface area contributed by atoms with Crippen LogP contribution in [-0.2, 0) is 4.79 Å². The summed E-state index contributed by atoms with van der Waals surface area (Å²) in [5.41, 5.74) is 0. The van der Waals surface area contributed by atoms with Crippen molar-refractivity contribution >= 4 is 5.91 Å². The van der Waals surface area contributed by atoms with Crippen molar-refractivity contribution in [2.45, 2.75) is 33.2 Å². The van der Waals surface area contributed by atoms with Crippen molar-refractivity contribution in [1.82, 2.24) is 10.2 Å². The van der Waals surface area contributed by atoms with Gasteiger partial charge in [-0.25, -0.2) is 0 Å². The van der Waals surface area contributed by atoms with E-state index in [9.17, 15) is 4.79 Å². The van der Waals surface area contributed by atoms with Gasteiger partial charge in [0, 0.05) is 26.6 Å². The molecule has 3 nitrogen and oxygen atoms in total. The summed E-state index contributed by atoms with van der Waals surface area (Å²) in [5.74, 6) is 0.161. The van der Waals surface area contributed by atoms with Gasteiger partial charge >= 0.3 is 0 Å². The van der Waals surface area contributed by atoms with Gasteiger partial charge in [-0.05, 0) is 13.0 Å². The lowest BCUT2D eigenvalue weighted by Gasteiger charge is -2.21. The molecule has 0 aromatic heterocycles. The van der Waals surface area contributed by atoms with E-state index in [1.165, 1.54) is 0 Å². The van der Waals surface area contributed by atoms with E-state index in [0.29, 0.717) is 6.04 Å². The highest BCUT2D eigenvalue weighted by Crippen LogP contribution is 2.05. The van der Waals surface area contributed by atoms with Crippen LogP contribution >= 0.6 is 0 Å². The Morgan fingerprint density at radius 1 is 1.50 bits per heavy atom. The molecule has 1 saturated heterocycles. The van der Waals surface area contributed by atoms with Gasteiger partial charge in [0.15, 0.2) is 0 Å². The van der Waals surface area contributed by atoms with Crippen LogP contribution in [-0.4, -0.2) is 37.0 Å². The molecule has 0 saturated carbocycles. The summed E-state index contributed by atoms with van der Waals surface area (Å²) >= 11 is 0. The first kappa shape index (κ1) is 11.4. The Balaban J connectivity index is 0.000000561. The van der Waals surface area contributed by atoms with Gasteiger partial charge in [-0.15, -0.1) is 0 Å². The van der Waals surface area contributed by atoms with Crippen LogP contribution in [0.5, 0.6) is 0 Å². The van der Waals surface area contributed by atoms with Gasteiger partial charge in [-0.1, -0.05) is 13.8 Å². The molecule has 0 radical (unpaired) electrons. The number of carbonyl (C=O) groups excluding carboxylic acids is 1. The Hall–Kier alpha value is -0.570. The summed E-state index contributed by atoms with van der Waals surface area (Å²) in [6, 6.07) is 0.428.